The zero-order valence-electron chi connectivity index (χ0n) is 7.50. The van der Waals surface area contributed by atoms with E-state index in [1.165, 1.54) is 14.0 Å². The molecule has 4 heteroatoms. The summed E-state index contributed by atoms with van der Waals surface area (Å²) >= 11 is 0. The molecule has 0 amide bonds. The standard InChI is InChI=1S/C5H11NO3.C2H6/c1-3(7)4(6)5(8)9-2;1-2/h3-4,7H,6H2,1-2H3;1-2H3. The predicted octanol–water partition coefficient (Wildman–Crippen LogP) is -0.106. The lowest BCUT2D eigenvalue weighted by atomic mass is 10.2. The Bertz CT molecular complexity index is 104. The van der Waals surface area contributed by atoms with E-state index < -0.39 is 18.1 Å². The summed E-state index contributed by atoms with van der Waals surface area (Å²) in [5.74, 6) is -0.593. The number of hydrogen-bond acceptors (Lipinski definition) is 4. The van der Waals surface area contributed by atoms with Gasteiger partial charge < -0.3 is 15.6 Å². The van der Waals surface area contributed by atoms with Crippen molar-refractivity contribution in [1.29, 1.82) is 0 Å². The fourth-order valence-electron chi connectivity index (χ4n) is 0.333. The Balaban J connectivity index is 0. The molecule has 3 N–H and O–H groups in total. The summed E-state index contributed by atoms with van der Waals surface area (Å²) in [7, 11) is 1.23. The molecule has 0 aliphatic carbocycles. The van der Waals surface area contributed by atoms with Gasteiger partial charge in [-0.15, -0.1) is 0 Å². The number of carbonyl (C=O) groups excluding carboxylic acids is 1. The van der Waals surface area contributed by atoms with Crippen LogP contribution in [-0.4, -0.2) is 30.3 Å². The Labute approximate surface area is 67.3 Å². The Kier molecular flexibility index (Phi) is 8.87. The Hall–Kier alpha value is -0.610. The molecule has 0 heterocycles. The van der Waals surface area contributed by atoms with Gasteiger partial charge in [0.05, 0.1) is 13.2 Å². The van der Waals surface area contributed by atoms with Gasteiger partial charge in [-0.05, 0) is 6.92 Å². The third kappa shape index (κ3) is 5.82. The van der Waals surface area contributed by atoms with Crippen molar-refractivity contribution in [2.75, 3.05) is 7.11 Å². The first kappa shape index (κ1) is 13.0. The third-order valence-electron chi connectivity index (χ3n) is 0.993. The van der Waals surface area contributed by atoms with E-state index >= 15 is 0 Å². The average molecular weight is 163 g/mol. The van der Waals surface area contributed by atoms with Crippen LogP contribution in [0.5, 0.6) is 0 Å². The molecule has 2 atom stereocenters. The Morgan fingerprint density at radius 1 is 1.55 bits per heavy atom. The number of methoxy groups -OCH3 is 1. The summed E-state index contributed by atoms with van der Waals surface area (Å²) in [5.41, 5.74) is 5.15. The lowest BCUT2D eigenvalue weighted by molar-refractivity contribution is -0.144. The summed E-state index contributed by atoms with van der Waals surface area (Å²) in [6.45, 7) is 5.43. The molecule has 0 radical (unpaired) electrons. The van der Waals surface area contributed by atoms with E-state index in [0.717, 1.165) is 0 Å². The molecule has 4 nitrogen and oxygen atoms in total. The highest BCUT2D eigenvalue weighted by Gasteiger charge is 2.18. The van der Waals surface area contributed by atoms with Gasteiger partial charge in [-0.3, -0.25) is 4.79 Å². The van der Waals surface area contributed by atoms with Crippen LogP contribution in [0.3, 0.4) is 0 Å². The highest BCUT2D eigenvalue weighted by Crippen LogP contribution is 1.89. The zero-order valence-corrected chi connectivity index (χ0v) is 7.50. The van der Waals surface area contributed by atoms with E-state index in [1.54, 1.807) is 0 Å². The van der Waals surface area contributed by atoms with Gasteiger partial charge in [-0.2, -0.15) is 0 Å². The number of aliphatic hydroxyl groups excluding tert-OH is 1. The SMILES string of the molecule is CC.COC(=O)C(N)C(C)O. The van der Waals surface area contributed by atoms with Crippen LogP contribution in [-0.2, 0) is 9.53 Å². The third-order valence-corrected chi connectivity index (χ3v) is 0.993. The molecule has 68 valence electrons. The van der Waals surface area contributed by atoms with E-state index in [0.29, 0.717) is 0 Å². The van der Waals surface area contributed by atoms with Gasteiger partial charge in [0.2, 0.25) is 0 Å². The van der Waals surface area contributed by atoms with Gasteiger partial charge in [0.1, 0.15) is 6.04 Å². The van der Waals surface area contributed by atoms with Gasteiger partial charge in [0.25, 0.3) is 0 Å². The van der Waals surface area contributed by atoms with Crippen molar-refractivity contribution in [3.63, 3.8) is 0 Å². The summed E-state index contributed by atoms with van der Waals surface area (Å²) in [5, 5.41) is 8.70. The molecule has 0 aromatic carbocycles. The predicted molar refractivity (Wildman–Crippen MR) is 43.0 cm³/mol. The minimum absolute atomic E-state index is 0.593. The number of ether oxygens (including phenoxy) is 1. The van der Waals surface area contributed by atoms with Crippen molar-refractivity contribution in [2.24, 2.45) is 5.73 Å². The molecule has 0 aromatic rings. The topological polar surface area (TPSA) is 72.5 Å². The summed E-state index contributed by atoms with van der Waals surface area (Å²) < 4.78 is 4.25. The number of rotatable bonds is 2. The number of hydrogen-bond donors (Lipinski definition) is 2. The average Bonchev–Trinajstić information content (AvgIpc) is 2.05. The fraction of sp³-hybridized carbons (Fsp3) is 0.857. The highest BCUT2D eigenvalue weighted by atomic mass is 16.5. The molecule has 0 aliphatic rings. The molecular formula is C7H17NO3. The Morgan fingerprint density at radius 3 is 2.00 bits per heavy atom. The number of esters is 1. The smallest absolute Gasteiger partial charge is 0.325 e. The van der Waals surface area contributed by atoms with Crippen molar-refractivity contribution in [3.8, 4) is 0 Å². The maximum atomic E-state index is 10.4. The first-order valence-corrected chi connectivity index (χ1v) is 3.61. The molecule has 0 aliphatic heterocycles. The van der Waals surface area contributed by atoms with Crippen LogP contribution in [0.15, 0.2) is 0 Å². The van der Waals surface area contributed by atoms with Crippen LogP contribution < -0.4 is 5.73 Å². The summed E-state index contributed by atoms with van der Waals surface area (Å²) in [4.78, 5) is 10.4. The second-order valence-electron chi connectivity index (χ2n) is 1.79. The minimum Gasteiger partial charge on any atom is -0.468 e. The van der Waals surface area contributed by atoms with Crippen molar-refractivity contribution in [3.05, 3.63) is 0 Å². The van der Waals surface area contributed by atoms with Gasteiger partial charge in [0, 0.05) is 0 Å². The molecular weight excluding hydrogens is 146 g/mol. The minimum atomic E-state index is -0.921. The zero-order chi connectivity index (χ0) is 9.44. The van der Waals surface area contributed by atoms with Crippen LogP contribution in [0, 0.1) is 0 Å². The van der Waals surface area contributed by atoms with Crippen LogP contribution >= 0.6 is 0 Å². The first-order chi connectivity index (χ1) is 5.09. The van der Waals surface area contributed by atoms with E-state index in [1.807, 2.05) is 13.8 Å². The van der Waals surface area contributed by atoms with Crippen molar-refractivity contribution in [2.45, 2.75) is 32.9 Å². The number of aliphatic hydroxyl groups is 1. The van der Waals surface area contributed by atoms with Crippen LogP contribution in [0.1, 0.15) is 20.8 Å². The molecule has 2 unspecified atom stereocenters. The maximum Gasteiger partial charge on any atom is 0.325 e. The number of nitrogens with two attached hydrogens (primary N) is 1. The molecule has 0 aromatic heterocycles. The Morgan fingerprint density at radius 2 is 1.91 bits per heavy atom. The molecule has 0 saturated carbocycles. The van der Waals surface area contributed by atoms with E-state index in [4.69, 9.17) is 10.8 Å². The second kappa shape index (κ2) is 7.50. The van der Waals surface area contributed by atoms with Crippen molar-refractivity contribution >= 4 is 5.97 Å². The molecule has 0 spiro atoms. The molecule has 0 saturated heterocycles. The quantitative estimate of drug-likeness (QED) is 0.557. The van der Waals surface area contributed by atoms with E-state index in [2.05, 4.69) is 4.74 Å². The maximum absolute atomic E-state index is 10.4. The highest BCUT2D eigenvalue weighted by molar-refractivity contribution is 5.75. The van der Waals surface area contributed by atoms with Crippen molar-refractivity contribution in [1.82, 2.24) is 0 Å². The van der Waals surface area contributed by atoms with E-state index in [9.17, 15) is 4.79 Å². The normalized spacial score (nSPS) is 14.0. The molecule has 0 rings (SSSR count). The second-order valence-corrected chi connectivity index (χ2v) is 1.79. The molecule has 0 bridgehead atoms. The van der Waals surface area contributed by atoms with Gasteiger partial charge in [0.15, 0.2) is 0 Å². The lowest BCUT2D eigenvalue weighted by Crippen LogP contribution is -2.40. The summed E-state index contributed by atoms with van der Waals surface area (Å²) in [6.07, 6.45) is -0.850. The number of carbonyl (C=O) groups is 1. The summed E-state index contributed by atoms with van der Waals surface area (Å²) in [6, 6.07) is -0.921. The van der Waals surface area contributed by atoms with Gasteiger partial charge in [-0.25, -0.2) is 0 Å². The van der Waals surface area contributed by atoms with Crippen LogP contribution in [0.25, 0.3) is 0 Å². The monoisotopic (exact) mass is 163 g/mol. The van der Waals surface area contributed by atoms with Crippen LogP contribution in [0.2, 0.25) is 0 Å². The van der Waals surface area contributed by atoms with Crippen molar-refractivity contribution < 1.29 is 14.6 Å². The largest absolute Gasteiger partial charge is 0.468 e. The van der Waals surface area contributed by atoms with Gasteiger partial charge >= 0.3 is 5.97 Å². The lowest BCUT2D eigenvalue weighted by Gasteiger charge is -2.10. The molecule has 0 fully saturated rings. The van der Waals surface area contributed by atoms with E-state index in [-0.39, 0.29) is 0 Å². The van der Waals surface area contributed by atoms with Gasteiger partial charge in [-0.1, -0.05) is 13.8 Å². The first-order valence-electron chi connectivity index (χ1n) is 3.61. The fourth-order valence-corrected chi connectivity index (χ4v) is 0.333. The molecule has 11 heavy (non-hydrogen) atoms. The van der Waals surface area contributed by atoms with Crippen LogP contribution in [0.4, 0.5) is 0 Å².